The maximum atomic E-state index is 11.8. The van der Waals surface area contributed by atoms with Gasteiger partial charge in [0.2, 0.25) is 0 Å². The van der Waals surface area contributed by atoms with Crippen molar-refractivity contribution in [1.82, 2.24) is 9.97 Å². The van der Waals surface area contributed by atoms with Crippen LogP contribution in [-0.4, -0.2) is 16.6 Å². The summed E-state index contributed by atoms with van der Waals surface area (Å²) in [6.07, 6.45) is 0. The van der Waals surface area contributed by atoms with Crippen molar-refractivity contribution in [1.29, 1.82) is 0 Å². The van der Waals surface area contributed by atoms with E-state index < -0.39 is 0 Å². The van der Waals surface area contributed by atoms with Gasteiger partial charge in [-0.2, -0.15) is 0 Å². The van der Waals surface area contributed by atoms with Crippen molar-refractivity contribution in [2.75, 3.05) is 6.61 Å². The minimum Gasteiger partial charge on any atom is -0.492 e. The molecule has 0 fully saturated rings. The van der Waals surface area contributed by atoms with E-state index in [4.69, 9.17) is 4.74 Å². The summed E-state index contributed by atoms with van der Waals surface area (Å²) in [4.78, 5) is 19.1. The van der Waals surface area contributed by atoms with Gasteiger partial charge in [-0.1, -0.05) is 18.2 Å². The number of benzene rings is 1. The van der Waals surface area contributed by atoms with Gasteiger partial charge in [-0.15, -0.1) is 0 Å². The van der Waals surface area contributed by atoms with E-state index in [0.29, 0.717) is 18.0 Å². The molecule has 1 aliphatic heterocycles. The molecular formula is C14H14N2O2. The second-order valence-electron chi connectivity index (χ2n) is 4.56. The second kappa shape index (κ2) is 3.98. The second-order valence-corrected chi connectivity index (χ2v) is 4.56. The van der Waals surface area contributed by atoms with Crippen LogP contribution in [-0.2, 0) is 0 Å². The summed E-state index contributed by atoms with van der Waals surface area (Å²) < 4.78 is 5.61. The maximum absolute atomic E-state index is 11.8. The van der Waals surface area contributed by atoms with Gasteiger partial charge < -0.3 is 9.72 Å². The van der Waals surface area contributed by atoms with Gasteiger partial charge in [0.15, 0.2) is 0 Å². The van der Waals surface area contributed by atoms with E-state index in [9.17, 15) is 4.79 Å². The smallest absolute Gasteiger partial charge is 0.254 e. The third-order valence-electron chi connectivity index (χ3n) is 3.44. The molecule has 0 amide bonds. The van der Waals surface area contributed by atoms with Crippen LogP contribution in [0.1, 0.15) is 28.6 Å². The number of rotatable bonds is 1. The zero-order chi connectivity index (χ0) is 12.7. The number of aryl methyl sites for hydroxylation is 1. The number of aromatic amines is 1. The van der Waals surface area contributed by atoms with E-state index in [2.05, 4.69) is 9.97 Å². The van der Waals surface area contributed by atoms with Crippen LogP contribution in [0.25, 0.3) is 0 Å². The standard InChI is InChI=1S/C14H14N2O2/c1-8-9(2)15-13(16-14(8)17)11-7-18-12-6-4-3-5-10(11)12/h3-6,11H,7H2,1-2H3,(H,15,16,17). The van der Waals surface area contributed by atoms with Gasteiger partial charge in [0.1, 0.15) is 18.2 Å². The Morgan fingerprint density at radius 1 is 1.33 bits per heavy atom. The zero-order valence-electron chi connectivity index (χ0n) is 10.4. The van der Waals surface area contributed by atoms with Gasteiger partial charge in [0, 0.05) is 16.8 Å². The van der Waals surface area contributed by atoms with Crippen LogP contribution in [0.3, 0.4) is 0 Å². The lowest BCUT2D eigenvalue weighted by molar-refractivity contribution is 0.339. The number of ether oxygens (including phenoxy) is 1. The van der Waals surface area contributed by atoms with Crippen molar-refractivity contribution in [3.63, 3.8) is 0 Å². The molecule has 2 heterocycles. The van der Waals surface area contributed by atoms with Crippen LogP contribution in [0.15, 0.2) is 29.1 Å². The Hall–Kier alpha value is -2.10. The first kappa shape index (κ1) is 11.0. The van der Waals surface area contributed by atoms with E-state index in [1.807, 2.05) is 31.2 Å². The molecule has 0 saturated heterocycles. The fourth-order valence-corrected chi connectivity index (χ4v) is 2.22. The van der Waals surface area contributed by atoms with Gasteiger partial charge in [-0.3, -0.25) is 4.79 Å². The van der Waals surface area contributed by atoms with E-state index in [0.717, 1.165) is 17.0 Å². The van der Waals surface area contributed by atoms with Crippen molar-refractivity contribution >= 4 is 0 Å². The molecule has 1 N–H and O–H groups in total. The average molecular weight is 242 g/mol. The van der Waals surface area contributed by atoms with Gasteiger partial charge in [0.05, 0.1) is 5.92 Å². The fourth-order valence-electron chi connectivity index (χ4n) is 2.22. The number of H-pyrrole nitrogens is 1. The molecule has 18 heavy (non-hydrogen) atoms. The molecule has 0 aliphatic carbocycles. The summed E-state index contributed by atoms with van der Waals surface area (Å²) in [5, 5.41) is 0. The molecule has 0 bridgehead atoms. The van der Waals surface area contributed by atoms with E-state index in [1.54, 1.807) is 6.92 Å². The first-order valence-electron chi connectivity index (χ1n) is 5.96. The molecule has 1 aliphatic rings. The van der Waals surface area contributed by atoms with E-state index in [-0.39, 0.29) is 11.5 Å². The molecule has 1 atom stereocenters. The number of aromatic nitrogens is 2. The largest absolute Gasteiger partial charge is 0.492 e. The van der Waals surface area contributed by atoms with Crippen LogP contribution in [0.4, 0.5) is 0 Å². The predicted molar refractivity (Wildman–Crippen MR) is 68.1 cm³/mol. The molecule has 0 radical (unpaired) electrons. The molecule has 1 aromatic heterocycles. The van der Waals surface area contributed by atoms with Crippen molar-refractivity contribution in [2.45, 2.75) is 19.8 Å². The lowest BCUT2D eigenvalue weighted by Gasteiger charge is -2.09. The molecule has 2 aromatic rings. The number of nitrogens with one attached hydrogen (secondary N) is 1. The first-order valence-corrected chi connectivity index (χ1v) is 5.96. The predicted octanol–water partition coefficient (Wildman–Crippen LogP) is 1.91. The van der Waals surface area contributed by atoms with Gasteiger partial charge in [-0.05, 0) is 19.9 Å². The minimum atomic E-state index is -0.0677. The van der Waals surface area contributed by atoms with E-state index >= 15 is 0 Å². The zero-order valence-corrected chi connectivity index (χ0v) is 10.4. The van der Waals surface area contributed by atoms with Crippen molar-refractivity contribution < 1.29 is 4.74 Å². The number of hydrogen-bond donors (Lipinski definition) is 1. The molecule has 0 saturated carbocycles. The van der Waals surface area contributed by atoms with Gasteiger partial charge >= 0.3 is 0 Å². The highest BCUT2D eigenvalue weighted by Gasteiger charge is 2.27. The highest BCUT2D eigenvalue weighted by atomic mass is 16.5. The molecule has 0 spiro atoms. The molecule has 1 aromatic carbocycles. The number of hydrogen-bond acceptors (Lipinski definition) is 3. The Balaban J connectivity index is 2.11. The molecule has 3 rings (SSSR count). The summed E-state index contributed by atoms with van der Waals surface area (Å²) in [6, 6.07) is 7.87. The summed E-state index contributed by atoms with van der Waals surface area (Å²) in [7, 11) is 0. The number of fused-ring (bicyclic) bond motifs is 1. The monoisotopic (exact) mass is 242 g/mol. The topological polar surface area (TPSA) is 55.0 Å². The summed E-state index contributed by atoms with van der Waals surface area (Å²) >= 11 is 0. The minimum absolute atomic E-state index is 0.0215. The molecule has 1 unspecified atom stereocenters. The maximum Gasteiger partial charge on any atom is 0.254 e. The van der Waals surface area contributed by atoms with Crippen LogP contribution in [0.5, 0.6) is 5.75 Å². The number of para-hydroxylation sites is 1. The number of nitrogens with zero attached hydrogens (tertiary/aromatic N) is 1. The summed E-state index contributed by atoms with van der Waals surface area (Å²) in [6.45, 7) is 4.17. The van der Waals surface area contributed by atoms with Gasteiger partial charge in [0.25, 0.3) is 5.56 Å². The molecule has 4 heteroatoms. The van der Waals surface area contributed by atoms with Crippen LogP contribution in [0, 0.1) is 13.8 Å². The van der Waals surface area contributed by atoms with Crippen LogP contribution >= 0.6 is 0 Å². The molecular weight excluding hydrogens is 228 g/mol. The Bertz CT molecular complexity index is 661. The molecule has 92 valence electrons. The Morgan fingerprint density at radius 3 is 2.89 bits per heavy atom. The Morgan fingerprint density at radius 2 is 2.11 bits per heavy atom. The highest BCUT2D eigenvalue weighted by Crippen LogP contribution is 2.36. The average Bonchev–Trinajstić information content (AvgIpc) is 2.79. The fraction of sp³-hybridized carbons (Fsp3) is 0.286. The Labute approximate surface area is 105 Å². The van der Waals surface area contributed by atoms with Crippen LogP contribution in [0.2, 0.25) is 0 Å². The van der Waals surface area contributed by atoms with Gasteiger partial charge in [-0.25, -0.2) is 4.98 Å². The lowest BCUT2D eigenvalue weighted by atomic mass is 10.0. The normalized spacial score (nSPS) is 17.3. The quantitative estimate of drug-likeness (QED) is 0.831. The summed E-state index contributed by atoms with van der Waals surface area (Å²) in [5.74, 6) is 1.59. The van der Waals surface area contributed by atoms with Crippen molar-refractivity contribution in [3.8, 4) is 5.75 Å². The first-order chi connectivity index (χ1) is 8.66. The third kappa shape index (κ3) is 1.61. The Kier molecular flexibility index (Phi) is 2.44. The van der Waals surface area contributed by atoms with Crippen molar-refractivity contribution in [3.05, 3.63) is 57.3 Å². The lowest BCUT2D eigenvalue weighted by Crippen LogP contribution is -2.19. The van der Waals surface area contributed by atoms with Crippen LogP contribution < -0.4 is 10.3 Å². The van der Waals surface area contributed by atoms with Crippen molar-refractivity contribution in [2.24, 2.45) is 0 Å². The molecule has 4 nitrogen and oxygen atoms in total. The third-order valence-corrected chi connectivity index (χ3v) is 3.44. The van der Waals surface area contributed by atoms with E-state index in [1.165, 1.54) is 0 Å². The summed E-state index contributed by atoms with van der Waals surface area (Å²) in [5.41, 5.74) is 2.47. The SMILES string of the molecule is Cc1nc(C2COc3ccccc32)[nH]c(=O)c1C. The highest BCUT2D eigenvalue weighted by molar-refractivity contribution is 5.42.